The van der Waals surface area contributed by atoms with Gasteiger partial charge in [-0.2, -0.15) is 0 Å². The van der Waals surface area contributed by atoms with Gasteiger partial charge < -0.3 is 4.98 Å². The molecule has 0 aliphatic carbocycles. The van der Waals surface area contributed by atoms with Gasteiger partial charge >= 0.3 is 0 Å². The molecule has 0 radical (unpaired) electrons. The highest BCUT2D eigenvalue weighted by Crippen LogP contribution is 2.25. The molecular formula is C14H10N2O. The quantitative estimate of drug-likeness (QED) is 0.687. The van der Waals surface area contributed by atoms with Gasteiger partial charge in [-0.05, 0) is 23.3 Å². The topological polar surface area (TPSA) is 45.8 Å². The third-order valence-corrected chi connectivity index (χ3v) is 2.72. The van der Waals surface area contributed by atoms with Crippen molar-refractivity contribution in [3.05, 3.63) is 65.1 Å². The summed E-state index contributed by atoms with van der Waals surface area (Å²) in [6, 6.07) is 15.3. The lowest BCUT2D eigenvalue weighted by Crippen LogP contribution is -2.03. The zero-order chi connectivity index (χ0) is 11.7. The number of rotatable bonds is 1. The molecule has 0 saturated carbocycles. The highest BCUT2D eigenvalue weighted by atomic mass is 16.1. The maximum Gasteiger partial charge on any atom is 0.249 e. The third kappa shape index (κ3) is 1.72. The number of aromatic amines is 1. The van der Waals surface area contributed by atoms with Gasteiger partial charge in [0.05, 0.1) is 0 Å². The zero-order valence-electron chi connectivity index (χ0n) is 9.05. The molecule has 0 spiro atoms. The SMILES string of the molecule is O=c1ccc2c(-c3ccccc3)ccnc2[nH]1. The number of hydrogen-bond donors (Lipinski definition) is 1. The molecule has 0 atom stereocenters. The number of H-pyrrole nitrogens is 1. The van der Waals surface area contributed by atoms with Crippen LogP contribution in [0.25, 0.3) is 22.2 Å². The van der Waals surface area contributed by atoms with Crippen LogP contribution in [0.4, 0.5) is 0 Å². The van der Waals surface area contributed by atoms with Gasteiger partial charge in [0.2, 0.25) is 5.56 Å². The number of pyridine rings is 2. The lowest BCUT2D eigenvalue weighted by atomic mass is 10.0. The van der Waals surface area contributed by atoms with Crippen LogP contribution in [-0.4, -0.2) is 9.97 Å². The predicted octanol–water partition coefficient (Wildman–Crippen LogP) is 2.59. The summed E-state index contributed by atoms with van der Waals surface area (Å²) in [5.41, 5.74) is 2.69. The molecule has 3 nitrogen and oxygen atoms in total. The Morgan fingerprint density at radius 3 is 2.59 bits per heavy atom. The van der Waals surface area contributed by atoms with Crippen molar-refractivity contribution in [3.8, 4) is 11.1 Å². The van der Waals surface area contributed by atoms with E-state index in [0.29, 0.717) is 5.65 Å². The Morgan fingerprint density at radius 1 is 0.941 bits per heavy atom. The van der Waals surface area contributed by atoms with Crippen molar-refractivity contribution in [1.29, 1.82) is 0 Å². The van der Waals surface area contributed by atoms with Gasteiger partial charge in [-0.25, -0.2) is 4.98 Å². The van der Waals surface area contributed by atoms with Crippen LogP contribution in [0.15, 0.2) is 59.5 Å². The van der Waals surface area contributed by atoms with Gasteiger partial charge in [0.15, 0.2) is 0 Å². The van der Waals surface area contributed by atoms with Crippen LogP contribution >= 0.6 is 0 Å². The van der Waals surface area contributed by atoms with Crippen molar-refractivity contribution < 1.29 is 0 Å². The summed E-state index contributed by atoms with van der Waals surface area (Å²) in [5.74, 6) is 0. The third-order valence-electron chi connectivity index (χ3n) is 2.72. The Balaban J connectivity index is 2.34. The van der Waals surface area contributed by atoms with Crippen molar-refractivity contribution in [2.45, 2.75) is 0 Å². The minimum atomic E-state index is -0.129. The molecule has 3 rings (SSSR count). The molecule has 0 fully saturated rings. The fourth-order valence-corrected chi connectivity index (χ4v) is 1.93. The monoisotopic (exact) mass is 222 g/mol. The van der Waals surface area contributed by atoms with Crippen LogP contribution in [0, 0.1) is 0 Å². The molecule has 3 heteroatoms. The molecule has 0 aliphatic heterocycles. The molecule has 1 N–H and O–H groups in total. The molecule has 82 valence electrons. The first-order chi connectivity index (χ1) is 8.34. The van der Waals surface area contributed by atoms with Crippen LogP contribution in [0.5, 0.6) is 0 Å². The number of benzene rings is 1. The fourth-order valence-electron chi connectivity index (χ4n) is 1.93. The van der Waals surface area contributed by atoms with Gasteiger partial charge in [-0.15, -0.1) is 0 Å². The number of hydrogen-bond acceptors (Lipinski definition) is 2. The van der Waals surface area contributed by atoms with E-state index in [1.165, 1.54) is 6.07 Å². The summed E-state index contributed by atoms with van der Waals surface area (Å²) >= 11 is 0. The minimum Gasteiger partial charge on any atom is -0.307 e. The van der Waals surface area contributed by atoms with Crippen LogP contribution in [0.3, 0.4) is 0 Å². The normalized spacial score (nSPS) is 10.6. The molecule has 2 heterocycles. The Labute approximate surface area is 97.8 Å². The van der Waals surface area contributed by atoms with E-state index >= 15 is 0 Å². The molecule has 2 aromatic heterocycles. The van der Waals surface area contributed by atoms with E-state index in [1.54, 1.807) is 6.20 Å². The first kappa shape index (κ1) is 9.78. The lowest BCUT2D eigenvalue weighted by Gasteiger charge is -2.05. The van der Waals surface area contributed by atoms with Crippen molar-refractivity contribution in [2.75, 3.05) is 0 Å². The summed E-state index contributed by atoms with van der Waals surface area (Å²) < 4.78 is 0. The van der Waals surface area contributed by atoms with Gasteiger partial charge in [0.25, 0.3) is 0 Å². The highest BCUT2D eigenvalue weighted by molar-refractivity contribution is 5.92. The average Bonchev–Trinajstić information content (AvgIpc) is 2.39. The Morgan fingerprint density at radius 2 is 1.76 bits per heavy atom. The molecule has 0 amide bonds. The minimum absolute atomic E-state index is 0.129. The van der Waals surface area contributed by atoms with Gasteiger partial charge in [0.1, 0.15) is 5.65 Å². The Bertz CT molecular complexity index is 717. The van der Waals surface area contributed by atoms with Crippen LogP contribution < -0.4 is 5.56 Å². The second-order valence-electron chi connectivity index (χ2n) is 3.81. The Kier molecular flexibility index (Phi) is 2.22. The van der Waals surface area contributed by atoms with Crippen LogP contribution in [0.1, 0.15) is 0 Å². The number of nitrogens with one attached hydrogen (secondary N) is 1. The average molecular weight is 222 g/mol. The maximum absolute atomic E-state index is 11.2. The first-order valence-electron chi connectivity index (χ1n) is 5.38. The second kappa shape index (κ2) is 3.87. The summed E-state index contributed by atoms with van der Waals surface area (Å²) in [7, 11) is 0. The van der Waals surface area contributed by atoms with E-state index in [2.05, 4.69) is 9.97 Å². The van der Waals surface area contributed by atoms with E-state index in [4.69, 9.17) is 0 Å². The summed E-state index contributed by atoms with van der Waals surface area (Å²) in [4.78, 5) is 18.1. The van der Waals surface area contributed by atoms with Gasteiger partial charge in [-0.3, -0.25) is 4.79 Å². The first-order valence-corrected chi connectivity index (χ1v) is 5.38. The zero-order valence-corrected chi connectivity index (χ0v) is 9.05. The smallest absolute Gasteiger partial charge is 0.249 e. The largest absolute Gasteiger partial charge is 0.307 e. The highest BCUT2D eigenvalue weighted by Gasteiger charge is 2.04. The van der Waals surface area contributed by atoms with Crippen molar-refractivity contribution in [3.63, 3.8) is 0 Å². The molecular weight excluding hydrogens is 212 g/mol. The summed E-state index contributed by atoms with van der Waals surface area (Å²) in [6.07, 6.45) is 1.71. The second-order valence-corrected chi connectivity index (χ2v) is 3.81. The Hall–Kier alpha value is -2.42. The molecule has 0 unspecified atom stereocenters. The van der Waals surface area contributed by atoms with E-state index in [-0.39, 0.29) is 5.56 Å². The van der Waals surface area contributed by atoms with E-state index in [9.17, 15) is 4.79 Å². The van der Waals surface area contributed by atoms with Crippen molar-refractivity contribution in [2.24, 2.45) is 0 Å². The van der Waals surface area contributed by atoms with Crippen LogP contribution in [-0.2, 0) is 0 Å². The summed E-state index contributed by atoms with van der Waals surface area (Å²) in [6.45, 7) is 0. The van der Waals surface area contributed by atoms with Gasteiger partial charge in [-0.1, -0.05) is 30.3 Å². The predicted molar refractivity (Wildman–Crippen MR) is 67.8 cm³/mol. The molecule has 0 saturated heterocycles. The molecule has 0 bridgehead atoms. The standard InChI is InChI=1S/C14H10N2O/c17-13-7-6-12-11(8-9-15-14(12)16-13)10-4-2-1-3-5-10/h1-9H,(H,15,16,17). The van der Waals surface area contributed by atoms with Gasteiger partial charge in [0, 0.05) is 17.6 Å². The number of fused-ring (bicyclic) bond motifs is 1. The number of aromatic nitrogens is 2. The molecule has 0 aliphatic rings. The van der Waals surface area contributed by atoms with E-state index in [1.807, 2.05) is 42.5 Å². The molecule has 1 aromatic carbocycles. The van der Waals surface area contributed by atoms with E-state index < -0.39 is 0 Å². The van der Waals surface area contributed by atoms with E-state index in [0.717, 1.165) is 16.5 Å². The molecule has 17 heavy (non-hydrogen) atoms. The van der Waals surface area contributed by atoms with Crippen molar-refractivity contribution in [1.82, 2.24) is 9.97 Å². The fraction of sp³-hybridized carbons (Fsp3) is 0. The summed E-state index contributed by atoms with van der Waals surface area (Å²) in [5, 5.41) is 0.957. The molecule has 3 aromatic rings. The van der Waals surface area contributed by atoms with Crippen molar-refractivity contribution >= 4 is 11.0 Å². The van der Waals surface area contributed by atoms with Crippen LogP contribution in [0.2, 0.25) is 0 Å². The lowest BCUT2D eigenvalue weighted by molar-refractivity contribution is 1.23. The number of nitrogens with zero attached hydrogens (tertiary/aromatic N) is 1. The maximum atomic E-state index is 11.2.